The van der Waals surface area contributed by atoms with Crippen LogP contribution >= 0.6 is 27.3 Å². The first-order valence-electron chi connectivity index (χ1n) is 6.54. The van der Waals surface area contributed by atoms with Crippen LogP contribution in [-0.2, 0) is 4.74 Å². The molecule has 1 N–H and O–H groups in total. The fourth-order valence-electron chi connectivity index (χ4n) is 3.03. The van der Waals surface area contributed by atoms with Gasteiger partial charge in [-0.15, -0.1) is 11.3 Å². The van der Waals surface area contributed by atoms with E-state index in [0.717, 1.165) is 0 Å². The van der Waals surface area contributed by atoms with Crippen LogP contribution in [0.2, 0.25) is 0 Å². The first kappa shape index (κ1) is 14.5. The molecule has 1 fully saturated rings. The molecular weight excluding hydrogens is 310 g/mol. The first-order valence-corrected chi connectivity index (χ1v) is 8.15. The number of hydrogen-bond acceptors (Lipinski definition) is 3. The summed E-state index contributed by atoms with van der Waals surface area (Å²) in [5, 5.41) is 3.49. The van der Waals surface area contributed by atoms with Crippen LogP contribution in [0.5, 0.6) is 0 Å². The molecule has 0 aromatic carbocycles. The zero-order chi connectivity index (χ0) is 13.4. The predicted molar refractivity (Wildman–Crippen MR) is 81.2 cm³/mol. The summed E-state index contributed by atoms with van der Waals surface area (Å²) in [5.74, 6) is 1.12. The Bertz CT molecular complexity index is 400. The lowest BCUT2D eigenvalue weighted by molar-refractivity contribution is 0.0479. The third kappa shape index (κ3) is 2.53. The van der Waals surface area contributed by atoms with Gasteiger partial charge in [-0.05, 0) is 61.3 Å². The highest BCUT2D eigenvalue weighted by molar-refractivity contribution is 9.11. The van der Waals surface area contributed by atoms with Gasteiger partial charge in [-0.3, -0.25) is 0 Å². The van der Waals surface area contributed by atoms with Crippen molar-refractivity contribution in [2.45, 2.75) is 45.9 Å². The summed E-state index contributed by atoms with van der Waals surface area (Å²) in [6.07, 6.45) is 0.666. The van der Waals surface area contributed by atoms with E-state index < -0.39 is 0 Å². The summed E-state index contributed by atoms with van der Waals surface area (Å²) in [6.45, 7) is 8.84. The van der Waals surface area contributed by atoms with Crippen LogP contribution in [0.4, 0.5) is 0 Å². The average Bonchev–Trinajstić information content (AvgIpc) is 2.75. The standard InChI is InChI=1S/C14H22BrNOS/c1-7-6-11(18-14(7)15)13(16-5)12-8(2)9(3)17-10(12)4/h6,8-10,12-13,16H,1-5H3. The second-order valence-electron chi connectivity index (χ2n) is 5.35. The van der Waals surface area contributed by atoms with Crippen LogP contribution in [0.25, 0.3) is 0 Å². The zero-order valence-electron chi connectivity index (χ0n) is 11.7. The van der Waals surface area contributed by atoms with Crippen molar-refractivity contribution in [1.82, 2.24) is 5.32 Å². The van der Waals surface area contributed by atoms with Crippen LogP contribution in [0.3, 0.4) is 0 Å². The van der Waals surface area contributed by atoms with Gasteiger partial charge in [0.25, 0.3) is 0 Å². The summed E-state index contributed by atoms with van der Waals surface area (Å²) in [4.78, 5) is 1.41. The molecule has 102 valence electrons. The van der Waals surface area contributed by atoms with Crippen molar-refractivity contribution in [3.05, 3.63) is 20.3 Å². The lowest BCUT2D eigenvalue weighted by Gasteiger charge is -2.27. The largest absolute Gasteiger partial charge is 0.375 e. The summed E-state index contributed by atoms with van der Waals surface area (Å²) in [5.41, 5.74) is 1.32. The van der Waals surface area contributed by atoms with E-state index in [1.807, 2.05) is 11.3 Å². The van der Waals surface area contributed by atoms with Crippen LogP contribution in [-0.4, -0.2) is 19.3 Å². The van der Waals surface area contributed by atoms with Gasteiger partial charge in [0.05, 0.1) is 16.0 Å². The van der Waals surface area contributed by atoms with Crippen molar-refractivity contribution in [1.29, 1.82) is 0 Å². The molecule has 1 aromatic heterocycles. The minimum Gasteiger partial charge on any atom is -0.375 e. The van der Waals surface area contributed by atoms with Crippen molar-refractivity contribution in [2.75, 3.05) is 7.05 Å². The highest BCUT2D eigenvalue weighted by Crippen LogP contribution is 2.43. The Morgan fingerprint density at radius 2 is 2.00 bits per heavy atom. The Kier molecular flexibility index (Phi) is 4.52. The number of ether oxygens (including phenoxy) is 1. The van der Waals surface area contributed by atoms with Crippen molar-refractivity contribution >= 4 is 27.3 Å². The van der Waals surface area contributed by atoms with Gasteiger partial charge in [0.1, 0.15) is 0 Å². The molecule has 1 saturated heterocycles. The topological polar surface area (TPSA) is 21.3 Å². The predicted octanol–water partition coefficient (Wildman–Crippen LogP) is 4.14. The van der Waals surface area contributed by atoms with Crippen LogP contribution < -0.4 is 5.32 Å². The smallest absolute Gasteiger partial charge is 0.0731 e. The van der Waals surface area contributed by atoms with Gasteiger partial charge in [0.15, 0.2) is 0 Å². The van der Waals surface area contributed by atoms with E-state index in [9.17, 15) is 0 Å². The van der Waals surface area contributed by atoms with Gasteiger partial charge in [0, 0.05) is 16.8 Å². The van der Waals surface area contributed by atoms with Crippen molar-refractivity contribution in [3.8, 4) is 0 Å². The third-order valence-electron chi connectivity index (χ3n) is 4.20. The highest BCUT2D eigenvalue weighted by Gasteiger charge is 2.42. The molecule has 2 rings (SSSR count). The molecule has 5 unspecified atom stereocenters. The van der Waals surface area contributed by atoms with Gasteiger partial charge in [0.2, 0.25) is 0 Å². The van der Waals surface area contributed by atoms with Crippen LogP contribution in [0, 0.1) is 18.8 Å². The molecule has 1 aliphatic rings. The lowest BCUT2D eigenvalue weighted by atomic mass is 9.83. The molecule has 0 bridgehead atoms. The third-order valence-corrected chi connectivity index (χ3v) is 6.42. The monoisotopic (exact) mass is 331 g/mol. The first-order chi connectivity index (χ1) is 8.45. The number of halogens is 1. The second kappa shape index (κ2) is 5.61. The Balaban J connectivity index is 2.28. The van der Waals surface area contributed by atoms with E-state index in [0.29, 0.717) is 30.1 Å². The quantitative estimate of drug-likeness (QED) is 0.898. The van der Waals surface area contributed by atoms with E-state index in [2.05, 4.69) is 62.1 Å². The van der Waals surface area contributed by atoms with Crippen molar-refractivity contribution in [2.24, 2.45) is 11.8 Å². The number of aryl methyl sites for hydroxylation is 1. The molecule has 2 nitrogen and oxygen atoms in total. The normalized spacial score (nSPS) is 33.9. The lowest BCUT2D eigenvalue weighted by Crippen LogP contribution is -2.32. The summed E-state index contributed by atoms with van der Waals surface area (Å²) < 4.78 is 7.22. The molecule has 1 aromatic rings. The van der Waals surface area contributed by atoms with Gasteiger partial charge < -0.3 is 10.1 Å². The van der Waals surface area contributed by atoms with E-state index in [1.54, 1.807) is 0 Å². The Morgan fingerprint density at radius 1 is 1.33 bits per heavy atom. The molecule has 0 amide bonds. The van der Waals surface area contributed by atoms with Crippen molar-refractivity contribution in [3.63, 3.8) is 0 Å². The number of rotatable bonds is 3. The van der Waals surface area contributed by atoms with E-state index in [-0.39, 0.29) is 0 Å². The number of hydrogen-bond donors (Lipinski definition) is 1. The Hall–Kier alpha value is 0.1000. The van der Waals surface area contributed by atoms with Gasteiger partial charge >= 0.3 is 0 Å². The molecule has 18 heavy (non-hydrogen) atoms. The highest BCUT2D eigenvalue weighted by atomic mass is 79.9. The molecule has 0 spiro atoms. The summed E-state index contributed by atoms with van der Waals surface area (Å²) >= 11 is 5.46. The maximum atomic E-state index is 5.98. The fraction of sp³-hybridized carbons (Fsp3) is 0.714. The Labute approximate surface area is 122 Å². The van der Waals surface area contributed by atoms with E-state index in [4.69, 9.17) is 4.74 Å². The summed E-state index contributed by atoms with van der Waals surface area (Å²) in [7, 11) is 2.05. The summed E-state index contributed by atoms with van der Waals surface area (Å²) in [6, 6.07) is 2.67. The van der Waals surface area contributed by atoms with Crippen molar-refractivity contribution < 1.29 is 4.74 Å². The molecule has 4 heteroatoms. The molecular formula is C14H22BrNOS. The minimum absolute atomic E-state index is 0.314. The van der Waals surface area contributed by atoms with Gasteiger partial charge in [-0.25, -0.2) is 0 Å². The van der Waals surface area contributed by atoms with Gasteiger partial charge in [-0.2, -0.15) is 0 Å². The molecule has 0 saturated carbocycles. The zero-order valence-corrected chi connectivity index (χ0v) is 14.1. The minimum atomic E-state index is 0.314. The maximum Gasteiger partial charge on any atom is 0.0731 e. The SMILES string of the molecule is CNC(c1cc(C)c(Br)s1)C1C(C)OC(C)C1C. The Morgan fingerprint density at radius 3 is 2.39 bits per heavy atom. The van der Waals surface area contributed by atoms with Crippen LogP contribution in [0.1, 0.15) is 37.3 Å². The van der Waals surface area contributed by atoms with E-state index >= 15 is 0 Å². The number of nitrogens with one attached hydrogen (secondary N) is 1. The maximum absolute atomic E-state index is 5.98. The number of thiophene rings is 1. The average molecular weight is 332 g/mol. The molecule has 2 heterocycles. The molecule has 0 aliphatic carbocycles. The van der Waals surface area contributed by atoms with Gasteiger partial charge in [-0.1, -0.05) is 6.92 Å². The molecule has 0 radical (unpaired) electrons. The van der Waals surface area contributed by atoms with Crippen LogP contribution in [0.15, 0.2) is 9.85 Å². The molecule has 5 atom stereocenters. The fourth-order valence-corrected chi connectivity index (χ4v) is 4.77. The van der Waals surface area contributed by atoms with E-state index in [1.165, 1.54) is 14.2 Å². The molecule has 1 aliphatic heterocycles. The second-order valence-corrected chi connectivity index (χ2v) is 7.76.